The lowest BCUT2D eigenvalue weighted by molar-refractivity contribution is 0.0198. The van der Waals surface area contributed by atoms with Crippen LogP contribution in [0.15, 0.2) is 53.5 Å². The number of rotatable bonds is 10. The van der Waals surface area contributed by atoms with E-state index in [1.807, 2.05) is 49.4 Å². The molecule has 154 valence electrons. The van der Waals surface area contributed by atoms with Crippen LogP contribution in [0.25, 0.3) is 16.5 Å². The minimum atomic E-state index is -0.0749. The number of pyridine rings is 1. The second kappa shape index (κ2) is 10.2. The average Bonchev–Trinajstić information content (AvgIpc) is 2.75. The number of benzene rings is 2. The minimum absolute atomic E-state index is 0.0749. The first-order chi connectivity index (χ1) is 14.2. The number of ether oxygens (including phenoxy) is 4. The van der Waals surface area contributed by atoms with Crippen LogP contribution in [0.1, 0.15) is 11.1 Å². The van der Waals surface area contributed by atoms with Gasteiger partial charge in [0.2, 0.25) is 0 Å². The van der Waals surface area contributed by atoms with Crippen molar-refractivity contribution >= 4 is 10.8 Å². The maximum absolute atomic E-state index is 13.1. The summed E-state index contributed by atoms with van der Waals surface area (Å²) in [6.45, 7) is 4.53. The normalized spacial score (nSPS) is 11.1. The Kier molecular flexibility index (Phi) is 7.41. The number of hydrogen-bond donors (Lipinski definition) is 0. The van der Waals surface area contributed by atoms with Crippen molar-refractivity contribution in [3.05, 3.63) is 70.1 Å². The number of fused-ring (bicyclic) bond motifs is 1. The molecule has 0 unspecified atom stereocenters. The average molecular weight is 397 g/mol. The van der Waals surface area contributed by atoms with E-state index in [0.29, 0.717) is 44.2 Å². The Hall–Kier alpha value is -2.67. The third kappa shape index (κ3) is 4.85. The molecule has 0 aliphatic heterocycles. The van der Waals surface area contributed by atoms with Crippen LogP contribution in [-0.2, 0) is 20.8 Å². The zero-order valence-electron chi connectivity index (χ0n) is 17.1. The molecule has 0 radical (unpaired) electrons. The molecule has 0 saturated carbocycles. The summed E-state index contributed by atoms with van der Waals surface area (Å²) in [4.78, 5) is 13.1. The van der Waals surface area contributed by atoms with E-state index in [1.165, 1.54) is 0 Å². The Bertz CT molecular complexity index is 1010. The molecule has 29 heavy (non-hydrogen) atoms. The van der Waals surface area contributed by atoms with Gasteiger partial charge in [-0.1, -0.05) is 24.3 Å². The fourth-order valence-electron chi connectivity index (χ4n) is 3.25. The van der Waals surface area contributed by atoms with Crippen molar-refractivity contribution in [1.82, 2.24) is 4.57 Å². The molecule has 0 N–H and O–H groups in total. The summed E-state index contributed by atoms with van der Waals surface area (Å²) in [5.74, 6) is 0.645. The van der Waals surface area contributed by atoms with Crippen molar-refractivity contribution in [2.45, 2.75) is 13.5 Å². The highest BCUT2D eigenvalue weighted by Crippen LogP contribution is 2.29. The molecular formula is C23H27NO5. The van der Waals surface area contributed by atoms with Crippen LogP contribution in [0.5, 0.6) is 5.75 Å². The van der Waals surface area contributed by atoms with E-state index >= 15 is 0 Å². The van der Waals surface area contributed by atoms with Gasteiger partial charge in [-0.15, -0.1) is 0 Å². The van der Waals surface area contributed by atoms with Crippen molar-refractivity contribution in [3.8, 4) is 11.4 Å². The molecule has 6 nitrogen and oxygen atoms in total. The summed E-state index contributed by atoms with van der Waals surface area (Å²) in [6.07, 6.45) is 1.80. The number of methoxy groups -OCH3 is 2. The van der Waals surface area contributed by atoms with Crippen LogP contribution in [0.4, 0.5) is 0 Å². The fourth-order valence-corrected chi connectivity index (χ4v) is 3.25. The molecule has 3 rings (SSSR count). The highest BCUT2D eigenvalue weighted by atomic mass is 16.5. The van der Waals surface area contributed by atoms with Gasteiger partial charge in [-0.2, -0.15) is 0 Å². The van der Waals surface area contributed by atoms with E-state index in [0.717, 1.165) is 22.2 Å². The van der Waals surface area contributed by atoms with Gasteiger partial charge in [-0.05, 0) is 41.6 Å². The molecule has 1 aromatic heterocycles. The van der Waals surface area contributed by atoms with E-state index in [1.54, 1.807) is 25.0 Å². The molecule has 0 atom stereocenters. The zero-order chi connectivity index (χ0) is 20.6. The first kappa shape index (κ1) is 21.0. The Morgan fingerprint density at radius 2 is 1.66 bits per heavy atom. The lowest BCUT2D eigenvalue weighted by Crippen LogP contribution is -2.20. The minimum Gasteiger partial charge on any atom is -0.495 e. The predicted molar refractivity (Wildman–Crippen MR) is 113 cm³/mol. The van der Waals surface area contributed by atoms with Crippen LogP contribution in [0.2, 0.25) is 0 Å². The third-order valence-corrected chi connectivity index (χ3v) is 4.84. The van der Waals surface area contributed by atoms with E-state index in [-0.39, 0.29) is 5.56 Å². The van der Waals surface area contributed by atoms with Crippen molar-refractivity contribution < 1.29 is 18.9 Å². The summed E-state index contributed by atoms with van der Waals surface area (Å²) in [6, 6.07) is 13.4. The molecule has 2 aromatic carbocycles. The van der Waals surface area contributed by atoms with Gasteiger partial charge in [0.1, 0.15) is 5.75 Å². The van der Waals surface area contributed by atoms with Crippen LogP contribution in [-0.4, -0.2) is 45.2 Å². The highest BCUT2D eigenvalue weighted by molar-refractivity contribution is 5.81. The summed E-state index contributed by atoms with van der Waals surface area (Å²) >= 11 is 0. The molecule has 0 saturated heterocycles. The molecule has 0 spiro atoms. The molecule has 6 heteroatoms. The Balaban J connectivity index is 1.85. The van der Waals surface area contributed by atoms with Crippen LogP contribution in [0, 0.1) is 6.92 Å². The van der Waals surface area contributed by atoms with Crippen molar-refractivity contribution in [1.29, 1.82) is 0 Å². The highest BCUT2D eigenvalue weighted by Gasteiger charge is 2.15. The fraction of sp³-hybridized carbons (Fsp3) is 0.348. The van der Waals surface area contributed by atoms with E-state index in [9.17, 15) is 4.79 Å². The molecule has 0 fully saturated rings. The summed E-state index contributed by atoms with van der Waals surface area (Å²) < 4.78 is 23.3. The second-order valence-electron chi connectivity index (χ2n) is 6.64. The lowest BCUT2D eigenvalue weighted by Gasteiger charge is -2.18. The SMILES string of the molecule is COCCOCCOCc1ccc(OC)c(-n2ccc3ccccc3c2=O)c1C. The quantitative estimate of drug-likeness (QED) is 0.490. The van der Waals surface area contributed by atoms with Crippen LogP contribution >= 0.6 is 0 Å². The predicted octanol–water partition coefficient (Wildman–Crippen LogP) is 3.49. The molecule has 0 aliphatic rings. The van der Waals surface area contributed by atoms with Gasteiger partial charge < -0.3 is 18.9 Å². The van der Waals surface area contributed by atoms with Crippen LogP contribution in [0.3, 0.4) is 0 Å². The third-order valence-electron chi connectivity index (χ3n) is 4.84. The summed E-state index contributed by atoms with van der Waals surface area (Å²) in [5, 5.41) is 1.59. The van der Waals surface area contributed by atoms with E-state index < -0.39 is 0 Å². The number of aromatic nitrogens is 1. The van der Waals surface area contributed by atoms with Crippen molar-refractivity contribution in [2.75, 3.05) is 40.6 Å². The molecule has 0 aliphatic carbocycles. The van der Waals surface area contributed by atoms with Gasteiger partial charge in [0.15, 0.2) is 0 Å². The van der Waals surface area contributed by atoms with Crippen LogP contribution < -0.4 is 10.3 Å². The molecular weight excluding hydrogens is 370 g/mol. The molecule has 3 aromatic rings. The first-order valence-electron chi connectivity index (χ1n) is 9.59. The van der Waals surface area contributed by atoms with Crippen molar-refractivity contribution in [3.63, 3.8) is 0 Å². The zero-order valence-corrected chi connectivity index (χ0v) is 17.1. The number of nitrogens with zero attached hydrogens (tertiary/aromatic N) is 1. The standard InChI is InChI=1S/C23H27NO5/c1-17-19(16-29-15-14-28-13-12-26-2)8-9-21(27-3)22(17)24-11-10-18-6-4-5-7-20(18)23(24)25/h4-11H,12-16H2,1-3H3. The van der Waals surface area contributed by atoms with Gasteiger partial charge in [0, 0.05) is 18.7 Å². The molecule has 1 heterocycles. The Labute approximate surface area is 170 Å². The van der Waals surface area contributed by atoms with Gasteiger partial charge in [-0.25, -0.2) is 0 Å². The second-order valence-corrected chi connectivity index (χ2v) is 6.64. The smallest absolute Gasteiger partial charge is 0.263 e. The first-order valence-corrected chi connectivity index (χ1v) is 9.59. The van der Waals surface area contributed by atoms with E-state index in [4.69, 9.17) is 18.9 Å². The maximum Gasteiger partial charge on any atom is 0.263 e. The monoisotopic (exact) mass is 397 g/mol. The summed E-state index contributed by atoms with van der Waals surface area (Å²) in [7, 11) is 3.25. The van der Waals surface area contributed by atoms with Crippen molar-refractivity contribution in [2.24, 2.45) is 0 Å². The van der Waals surface area contributed by atoms with Gasteiger partial charge in [0.05, 0.1) is 45.8 Å². The van der Waals surface area contributed by atoms with Gasteiger partial charge in [-0.3, -0.25) is 9.36 Å². The lowest BCUT2D eigenvalue weighted by atomic mass is 10.1. The van der Waals surface area contributed by atoms with Gasteiger partial charge in [0.25, 0.3) is 5.56 Å². The van der Waals surface area contributed by atoms with Gasteiger partial charge >= 0.3 is 0 Å². The topological polar surface area (TPSA) is 58.9 Å². The molecule has 0 amide bonds. The van der Waals surface area contributed by atoms with E-state index in [2.05, 4.69) is 0 Å². The maximum atomic E-state index is 13.1. The Morgan fingerprint density at radius 3 is 2.45 bits per heavy atom. The summed E-state index contributed by atoms with van der Waals surface area (Å²) in [5.41, 5.74) is 2.61. The Morgan fingerprint density at radius 1 is 0.897 bits per heavy atom. The molecule has 0 bridgehead atoms. The largest absolute Gasteiger partial charge is 0.495 e. The number of hydrogen-bond acceptors (Lipinski definition) is 5.